The Morgan fingerprint density at radius 2 is 1.76 bits per heavy atom. The molecule has 0 aliphatic carbocycles. The Kier molecular flexibility index (Phi) is 5.20. The largest absolute Gasteiger partial charge is 0.372 e. The van der Waals surface area contributed by atoms with Crippen molar-refractivity contribution in [1.82, 2.24) is 0 Å². The van der Waals surface area contributed by atoms with Gasteiger partial charge < -0.3 is 4.90 Å². The molecule has 25 heavy (non-hydrogen) atoms. The summed E-state index contributed by atoms with van der Waals surface area (Å²) in [5.41, 5.74) is 1.62. The maximum atomic E-state index is 13.9. The second-order valence-corrected chi connectivity index (χ2v) is 8.54. The minimum Gasteiger partial charge on any atom is -0.372 e. The molecule has 0 aromatic heterocycles. The van der Waals surface area contributed by atoms with Crippen LogP contribution in [0.4, 0.5) is 15.8 Å². The van der Waals surface area contributed by atoms with E-state index in [9.17, 15) is 12.8 Å². The second-order valence-electron chi connectivity index (χ2n) is 6.13. The fourth-order valence-corrected chi connectivity index (χ4v) is 4.56. The van der Waals surface area contributed by atoms with Crippen molar-refractivity contribution in [2.75, 3.05) is 29.3 Å². The lowest BCUT2D eigenvalue weighted by molar-refractivity contribution is 0.585. The summed E-state index contributed by atoms with van der Waals surface area (Å²) in [5.74, 6) is -1.10. The molecule has 0 N–H and O–H groups in total. The van der Waals surface area contributed by atoms with E-state index in [-0.39, 0.29) is 10.6 Å². The Bertz CT molecular complexity index is 830. The van der Waals surface area contributed by atoms with Crippen LogP contribution >= 0.6 is 11.6 Å². The molecule has 3 rings (SSSR count). The molecule has 0 amide bonds. The lowest BCUT2D eigenvalue weighted by Crippen LogP contribution is -2.28. The molecule has 4 nitrogen and oxygen atoms in total. The predicted molar refractivity (Wildman–Crippen MR) is 100 cm³/mol. The lowest BCUT2D eigenvalue weighted by Gasteiger charge is -2.22. The summed E-state index contributed by atoms with van der Waals surface area (Å²) in [7, 11) is -2.28. The summed E-state index contributed by atoms with van der Waals surface area (Å²) in [5, 5.41) is 0.112. The van der Waals surface area contributed by atoms with Gasteiger partial charge in [0.1, 0.15) is 5.82 Å². The first-order valence-electron chi connectivity index (χ1n) is 8.13. The standard InChI is InChI=1S/C18H20ClFN2O2S/c1-21(14-7-9-15(10-8-14)22-11-2-3-12-22)25(23,24)13-16-17(19)5-4-6-18(16)20/h4-10H,2-3,11-13H2,1H3. The van der Waals surface area contributed by atoms with Gasteiger partial charge in [-0.2, -0.15) is 0 Å². The molecule has 1 fully saturated rings. The van der Waals surface area contributed by atoms with Crippen molar-refractivity contribution in [3.05, 3.63) is 58.9 Å². The monoisotopic (exact) mass is 382 g/mol. The number of nitrogens with zero attached hydrogens (tertiary/aromatic N) is 2. The quantitative estimate of drug-likeness (QED) is 0.783. The first-order valence-corrected chi connectivity index (χ1v) is 10.1. The minimum absolute atomic E-state index is 0.00953. The summed E-state index contributed by atoms with van der Waals surface area (Å²) < 4.78 is 40.3. The topological polar surface area (TPSA) is 40.6 Å². The van der Waals surface area contributed by atoms with Gasteiger partial charge in [0.15, 0.2) is 0 Å². The molecule has 0 atom stereocenters. The average Bonchev–Trinajstić information content (AvgIpc) is 3.12. The zero-order valence-electron chi connectivity index (χ0n) is 14.0. The Hall–Kier alpha value is -1.79. The van der Waals surface area contributed by atoms with Gasteiger partial charge in [0.2, 0.25) is 10.0 Å². The van der Waals surface area contributed by atoms with Crippen LogP contribution in [0.3, 0.4) is 0 Å². The average molecular weight is 383 g/mol. The second kappa shape index (κ2) is 7.22. The fourth-order valence-electron chi connectivity index (χ4n) is 2.96. The summed E-state index contributed by atoms with van der Waals surface area (Å²) in [4.78, 5) is 2.28. The van der Waals surface area contributed by atoms with E-state index in [2.05, 4.69) is 4.90 Å². The number of benzene rings is 2. The van der Waals surface area contributed by atoms with E-state index in [0.29, 0.717) is 5.69 Å². The van der Waals surface area contributed by atoms with Crippen molar-refractivity contribution < 1.29 is 12.8 Å². The molecule has 2 aromatic carbocycles. The van der Waals surface area contributed by atoms with E-state index in [0.717, 1.165) is 18.8 Å². The number of anilines is 2. The number of hydrogen-bond donors (Lipinski definition) is 0. The van der Waals surface area contributed by atoms with Gasteiger partial charge in [-0.05, 0) is 49.2 Å². The van der Waals surface area contributed by atoms with Crippen LogP contribution in [-0.2, 0) is 15.8 Å². The van der Waals surface area contributed by atoms with Crippen LogP contribution in [0.2, 0.25) is 5.02 Å². The van der Waals surface area contributed by atoms with Gasteiger partial charge >= 0.3 is 0 Å². The van der Waals surface area contributed by atoms with Crippen LogP contribution in [0.1, 0.15) is 18.4 Å². The van der Waals surface area contributed by atoms with Gasteiger partial charge in [0, 0.05) is 36.4 Å². The zero-order chi connectivity index (χ0) is 18.0. The summed E-state index contributed by atoms with van der Waals surface area (Å²) in [6.45, 7) is 2.05. The molecule has 1 saturated heterocycles. The smallest absolute Gasteiger partial charge is 0.239 e. The number of hydrogen-bond acceptors (Lipinski definition) is 3. The molecule has 0 saturated carbocycles. The van der Waals surface area contributed by atoms with Crippen molar-refractivity contribution in [2.45, 2.75) is 18.6 Å². The molecule has 1 heterocycles. The van der Waals surface area contributed by atoms with Crippen LogP contribution in [-0.4, -0.2) is 28.6 Å². The van der Waals surface area contributed by atoms with E-state index in [4.69, 9.17) is 11.6 Å². The van der Waals surface area contributed by atoms with Crippen molar-refractivity contribution in [3.8, 4) is 0 Å². The molecular formula is C18H20ClFN2O2S. The number of sulfonamides is 1. The Morgan fingerprint density at radius 3 is 2.36 bits per heavy atom. The zero-order valence-corrected chi connectivity index (χ0v) is 15.5. The van der Waals surface area contributed by atoms with E-state index in [1.165, 1.54) is 42.4 Å². The van der Waals surface area contributed by atoms with Gasteiger partial charge in [-0.3, -0.25) is 4.31 Å². The van der Waals surface area contributed by atoms with E-state index >= 15 is 0 Å². The van der Waals surface area contributed by atoms with Gasteiger partial charge in [0.25, 0.3) is 0 Å². The molecule has 1 aliphatic rings. The molecule has 0 unspecified atom stereocenters. The van der Waals surface area contributed by atoms with Crippen molar-refractivity contribution in [2.24, 2.45) is 0 Å². The van der Waals surface area contributed by atoms with Crippen LogP contribution in [0, 0.1) is 5.82 Å². The maximum Gasteiger partial charge on any atom is 0.239 e. The third-order valence-electron chi connectivity index (χ3n) is 4.49. The number of rotatable bonds is 5. The Balaban J connectivity index is 1.80. The Labute approximate surface area is 152 Å². The first kappa shape index (κ1) is 18.0. The fraction of sp³-hybridized carbons (Fsp3) is 0.333. The van der Waals surface area contributed by atoms with Crippen LogP contribution < -0.4 is 9.21 Å². The highest BCUT2D eigenvalue weighted by Gasteiger charge is 2.23. The van der Waals surface area contributed by atoms with Gasteiger partial charge in [-0.15, -0.1) is 0 Å². The predicted octanol–water partition coefficient (Wildman–Crippen LogP) is 4.05. The summed E-state index contributed by atoms with van der Waals surface area (Å²) >= 11 is 5.95. The molecule has 0 bridgehead atoms. The van der Waals surface area contributed by atoms with E-state index < -0.39 is 21.6 Å². The highest BCUT2D eigenvalue weighted by molar-refractivity contribution is 7.92. The molecule has 0 radical (unpaired) electrons. The number of halogens is 2. The van der Waals surface area contributed by atoms with Gasteiger partial charge in [0.05, 0.1) is 11.4 Å². The Morgan fingerprint density at radius 1 is 1.12 bits per heavy atom. The third kappa shape index (κ3) is 3.90. The summed E-state index contributed by atoms with van der Waals surface area (Å²) in [6, 6.07) is 11.5. The van der Waals surface area contributed by atoms with Crippen molar-refractivity contribution in [1.29, 1.82) is 0 Å². The minimum atomic E-state index is -3.75. The summed E-state index contributed by atoms with van der Waals surface area (Å²) in [6.07, 6.45) is 2.36. The van der Waals surface area contributed by atoms with Gasteiger partial charge in [-0.25, -0.2) is 12.8 Å². The molecule has 2 aromatic rings. The highest BCUT2D eigenvalue weighted by Crippen LogP contribution is 2.27. The lowest BCUT2D eigenvalue weighted by atomic mass is 10.2. The molecular weight excluding hydrogens is 363 g/mol. The van der Waals surface area contributed by atoms with E-state index in [1.54, 1.807) is 12.1 Å². The SMILES string of the molecule is CN(c1ccc(N2CCCC2)cc1)S(=O)(=O)Cc1c(F)cccc1Cl. The van der Waals surface area contributed by atoms with Crippen LogP contribution in [0.15, 0.2) is 42.5 Å². The third-order valence-corrected chi connectivity index (χ3v) is 6.54. The first-order chi connectivity index (χ1) is 11.9. The van der Waals surface area contributed by atoms with Gasteiger partial charge in [-0.1, -0.05) is 17.7 Å². The normalized spacial score (nSPS) is 14.8. The highest BCUT2D eigenvalue weighted by atomic mass is 35.5. The molecule has 134 valence electrons. The molecule has 7 heteroatoms. The van der Waals surface area contributed by atoms with Crippen molar-refractivity contribution >= 4 is 33.0 Å². The maximum absolute atomic E-state index is 13.9. The molecule has 0 spiro atoms. The van der Waals surface area contributed by atoms with E-state index in [1.807, 2.05) is 12.1 Å². The van der Waals surface area contributed by atoms with Crippen LogP contribution in [0.5, 0.6) is 0 Å². The molecule has 1 aliphatic heterocycles. The van der Waals surface area contributed by atoms with Crippen molar-refractivity contribution in [3.63, 3.8) is 0 Å². The van der Waals surface area contributed by atoms with Crippen LogP contribution in [0.25, 0.3) is 0 Å².